The Morgan fingerprint density at radius 2 is 2.12 bits per heavy atom. The fraction of sp³-hybridized carbons (Fsp3) is 0.389. The number of aliphatic hydroxyl groups is 1. The number of ether oxygens (including phenoxy) is 1. The molecule has 2 atom stereocenters. The normalized spacial score (nSPS) is 19.9. The fourth-order valence-electron chi connectivity index (χ4n) is 2.92. The van der Waals surface area contributed by atoms with E-state index in [1.54, 1.807) is 11.3 Å². The Morgan fingerprint density at radius 3 is 2.88 bits per heavy atom. The number of amides is 1. The van der Waals surface area contributed by atoms with Gasteiger partial charge in [0.25, 0.3) is 0 Å². The number of aliphatic hydroxyl groups excluding tert-OH is 1. The van der Waals surface area contributed by atoms with Crippen LogP contribution in [-0.2, 0) is 16.1 Å². The summed E-state index contributed by atoms with van der Waals surface area (Å²) in [5.74, 6) is -0.0147. The summed E-state index contributed by atoms with van der Waals surface area (Å²) in [5, 5.41) is 15.2. The average Bonchev–Trinajstić information content (AvgIpc) is 3.09. The maximum atomic E-state index is 12.3. The summed E-state index contributed by atoms with van der Waals surface area (Å²) < 4.78 is 5.58. The summed E-state index contributed by atoms with van der Waals surface area (Å²) in [5.41, 5.74) is 0.946. The Balaban J connectivity index is 1.56. The average molecular weight is 346 g/mol. The minimum Gasteiger partial charge on any atom is -0.389 e. The summed E-state index contributed by atoms with van der Waals surface area (Å²) in [7, 11) is 0. The third-order valence-corrected chi connectivity index (χ3v) is 4.86. The van der Waals surface area contributed by atoms with Crippen LogP contribution in [0.2, 0.25) is 0 Å². The molecule has 1 aliphatic heterocycles. The molecule has 0 bridgehead atoms. The molecule has 3 rings (SSSR count). The Hall–Kier alpha value is -1.73. The highest BCUT2D eigenvalue weighted by Gasteiger charge is 2.31. The van der Waals surface area contributed by atoms with E-state index in [-0.39, 0.29) is 18.6 Å². The first-order valence-electron chi connectivity index (χ1n) is 8.09. The van der Waals surface area contributed by atoms with E-state index in [9.17, 15) is 9.90 Å². The van der Waals surface area contributed by atoms with Crippen molar-refractivity contribution in [1.82, 2.24) is 10.2 Å². The minimum atomic E-state index is -0.623. The van der Waals surface area contributed by atoms with Gasteiger partial charge in [-0.2, -0.15) is 0 Å². The van der Waals surface area contributed by atoms with Crippen molar-refractivity contribution < 1.29 is 14.6 Å². The lowest BCUT2D eigenvalue weighted by molar-refractivity contribution is -0.130. The molecule has 24 heavy (non-hydrogen) atoms. The highest BCUT2D eigenvalue weighted by Crippen LogP contribution is 2.23. The summed E-state index contributed by atoms with van der Waals surface area (Å²) in [6, 6.07) is 13.3. The van der Waals surface area contributed by atoms with Crippen LogP contribution in [0.5, 0.6) is 0 Å². The van der Waals surface area contributed by atoms with Crippen molar-refractivity contribution in [3.63, 3.8) is 0 Å². The molecule has 2 N–H and O–H groups in total. The van der Waals surface area contributed by atoms with E-state index in [0.717, 1.165) is 10.4 Å². The van der Waals surface area contributed by atoms with Crippen LogP contribution in [0.25, 0.3) is 0 Å². The van der Waals surface area contributed by atoms with Crippen molar-refractivity contribution in [3.05, 3.63) is 58.3 Å². The van der Waals surface area contributed by atoms with Gasteiger partial charge in [0.15, 0.2) is 0 Å². The zero-order valence-electron chi connectivity index (χ0n) is 13.4. The number of piperazine rings is 1. The maximum absolute atomic E-state index is 12.3. The minimum absolute atomic E-state index is 0.0147. The van der Waals surface area contributed by atoms with E-state index >= 15 is 0 Å². The Morgan fingerprint density at radius 1 is 1.29 bits per heavy atom. The predicted octanol–water partition coefficient (Wildman–Crippen LogP) is 1.80. The van der Waals surface area contributed by atoms with Crippen molar-refractivity contribution in [1.29, 1.82) is 0 Å². The topological polar surface area (TPSA) is 61.8 Å². The first kappa shape index (κ1) is 17.1. The lowest BCUT2D eigenvalue weighted by Gasteiger charge is -2.36. The molecule has 2 aromatic rings. The van der Waals surface area contributed by atoms with Gasteiger partial charge in [-0.15, -0.1) is 11.3 Å². The Kier molecular flexibility index (Phi) is 5.98. The number of benzene rings is 1. The lowest BCUT2D eigenvalue weighted by atomic mass is 10.0. The Bertz CT molecular complexity index is 633. The third-order valence-electron chi connectivity index (χ3n) is 4.01. The Labute approximate surface area is 145 Å². The number of β-amino-alcohol motifs (C(OH)–C–C–N with tert-alkyl or cyclic N) is 1. The molecule has 128 valence electrons. The second-order valence-corrected chi connectivity index (χ2v) is 6.88. The van der Waals surface area contributed by atoms with Crippen LogP contribution in [0.3, 0.4) is 0 Å². The van der Waals surface area contributed by atoms with Crippen molar-refractivity contribution in [2.24, 2.45) is 0 Å². The third kappa shape index (κ3) is 4.42. The molecule has 0 aliphatic carbocycles. The number of nitrogens with zero attached hydrogens (tertiary/aromatic N) is 1. The van der Waals surface area contributed by atoms with E-state index in [4.69, 9.17) is 4.74 Å². The van der Waals surface area contributed by atoms with Gasteiger partial charge in [0.1, 0.15) is 6.04 Å². The highest BCUT2D eigenvalue weighted by atomic mass is 32.1. The number of carbonyl (C=O) groups is 1. The van der Waals surface area contributed by atoms with Crippen molar-refractivity contribution >= 4 is 17.2 Å². The number of rotatable bonds is 7. The molecule has 0 saturated carbocycles. The van der Waals surface area contributed by atoms with Gasteiger partial charge in [-0.3, -0.25) is 9.69 Å². The molecule has 6 heteroatoms. The van der Waals surface area contributed by atoms with Crippen LogP contribution in [0.15, 0.2) is 47.8 Å². The molecule has 1 aromatic carbocycles. The molecular weight excluding hydrogens is 324 g/mol. The number of nitrogens with one attached hydrogen (secondary N) is 1. The van der Waals surface area contributed by atoms with Crippen LogP contribution in [0, 0.1) is 0 Å². The van der Waals surface area contributed by atoms with Gasteiger partial charge in [0.05, 0.1) is 19.3 Å². The van der Waals surface area contributed by atoms with Crippen LogP contribution in [0.1, 0.15) is 16.5 Å². The lowest BCUT2D eigenvalue weighted by Crippen LogP contribution is -2.52. The van der Waals surface area contributed by atoms with Crippen LogP contribution < -0.4 is 5.32 Å². The van der Waals surface area contributed by atoms with Crippen LogP contribution in [0.4, 0.5) is 0 Å². The molecule has 0 radical (unpaired) electrons. The van der Waals surface area contributed by atoms with Gasteiger partial charge in [0, 0.05) is 24.5 Å². The summed E-state index contributed by atoms with van der Waals surface area (Å²) >= 11 is 1.64. The zero-order chi connectivity index (χ0) is 16.8. The van der Waals surface area contributed by atoms with Crippen LogP contribution >= 0.6 is 11.3 Å². The molecular formula is C18H22N2O3S. The first-order chi connectivity index (χ1) is 11.7. The van der Waals surface area contributed by atoms with Gasteiger partial charge in [-0.1, -0.05) is 36.4 Å². The predicted molar refractivity (Wildman–Crippen MR) is 93.7 cm³/mol. The second-order valence-electron chi connectivity index (χ2n) is 5.85. The van der Waals surface area contributed by atoms with Gasteiger partial charge in [-0.05, 0) is 17.0 Å². The van der Waals surface area contributed by atoms with Gasteiger partial charge >= 0.3 is 0 Å². The molecule has 1 aromatic heterocycles. The summed E-state index contributed by atoms with van der Waals surface area (Å²) in [4.78, 5) is 15.5. The van der Waals surface area contributed by atoms with E-state index in [1.165, 1.54) is 0 Å². The van der Waals surface area contributed by atoms with Crippen molar-refractivity contribution in [3.8, 4) is 0 Å². The molecule has 0 unspecified atom stereocenters. The molecule has 1 amide bonds. The van der Waals surface area contributed by atoms with Gasteiger partial charge in [0.2, 0.25) is 5.91 Å². The smallest absolute Gasteiger partial charge is 0.242 e. The summed E-state index contributed by atoms with van der Waals surface area (Å²) in [6.45, 7) is 2.50. The zero-order valence-corrected chi connectivity index (χ0v) is 14.2. The molecule has 5 nitrogen and oxygen atoms in total. The number of hydrogen-bond acceptors (Lipinski definition) is 5. The monoisotopic (exact) mass is 346 g/mol. The summed E-state index contributed by atoms with van der Waals surface area (Å²) in [6.07, 6.45) is -0.623. The van der Waals surface area contributed by atoms with Crippen molar-refractivity contribution in [2.45, 2.75) is 18.8 Å². The molecule has 0 spiro atoms. The number of thiophene rings is 1. The van der Waals surface area contributed by atoms with Crippen LogP contribution in [-0.4, -0.2) is 48.3 Å². The van der Waals surface area contributed by atoms with E-state index in [2.05, 4.69) is 5.32 Å². The number of carbonyl (C=O) groups excluding carboxylic acids is 1. The standard InChI is InChI=1S/C18H22N2O3S/c21-15(12-23-13-16-7-4-10-24-16)11-20-9-8-19-18(22)17(20)14-5-2-1-3-6-14/h1-7,10,15,17,21H,8-9,11-13H2,(H,19,22)/t15-,17-/m1/s1. The number of hydrogen-bond donors (Lipinski definition) is 2. The largest absolute Gasteiger partial charge is 0.389 e. The highest BCUT2D eigenvalue weighted by molar-refractivity contribution is 7.09. The first-order valence-corrected chi connectivity index (χ1v) is 8.97. The molecule has 1 aliphatic rings. The van der Waals surface area contributed by atoms with E-state index in [1.807, 2.05) is 52.7 Å². The fourth-order valence-corrected chi connectivity index (χ4v) is 3.56. The van der Waals surface area contributed by atoms with Gasteiger partial charge in [-0.25, -0.2) is 0 Å². The van der Waals surface area contributed by atoms with Gasteiger partial charge < -0.3 is 15.2 Å². The molecule has 1 saturated heterocycles. The van der Waals surface area contributed by atoms with E-state index in [0.29, 0.717) is 26.2 Å². The van der Waals surface area contributed by atoms with Crippen molar-refractivity contribution in [2.75, 3.05) is 26.2 Å². The van der Waals surface area contributed by atoms with E-state index < -0.39 is 6.10 Å². The maximum Gasteiger partial charge on any atom is 0.242 e. The quantitative estimate of drug-likeness (QED) is 0.803. The SMILES string of the molecule is O=C1NCCN(C[C@@H](O)COCc2cccs2)[C@@H]1c1ccccc1. The molecule has 2 heterocycles. The molecule has 1 fully saturated rings. The second kappa shape index (κ2) is 8.39.